The maximum atomic E-state index is 11.3. The van der Waals surface area contributed by atoms with Gasteiger partial charge < -0.3 is 14.2 Å². The van der Waals surface area contributed by atoms with Crippen LogP contribution in [0.3, 0.4) is 0 Å². The van der Waals surface area contributed by atoms with Gasteiger partial charge in [0.2, 0.25) is 5.13 Å². The summed E-state index contributed by atoms with van der Waals surface area (Å²) in [6, 6.07) is 3.56. The van der Waals surface area contributed by atoms with Crippen molar-refractivity contribution in [2.75, 3.05) is 19.1 Å². The van der Waals surface area contributed by atoms with Crippen molar-refractivity contribution in [1.29, 1.82) is 0 Å². The zero-order valence-corrected chi connectivity index (χ0v) is 17.2. The van der Waals surface area contributed by atoms with Crippen molar-refractivity contribution in [2.24, 2.45) is 5.10 Å². The summed E-state index contributed by atoms with van der Waals surface area (Å²) >= 11 is 7.68. The molecule has 0 saturated carbocycles. The fourth-order valence-electron chi connectivity index (χ4n) is 2.10. The Balaban J connectivity index is 2.09. The summed E-state index contributed by atoms with van der Waals surface area (Å²) < 4.78 is 16.0. The number of benzene rings is 1. The molecule has 1 aromatic heterocycles. The van der Waals surface area contributed by atoms with Crippen molar-refractivity contribution in [3.8, 4) is 11.5 Å². The van der Waals surface area contributed by atoms with E-state index >= 15 is 0 Å². The molecule has 2 rings (SSSR count). The van der Waals surface area contributed by atoms with Crippen molar-refractivity contribution in [2.45, 2.75) is 33.3 Å². The number of aromatic nitrogens is 1. The van der Waals surface area contributed by atoms with E-state index in [0.717, 1.165) is 5.56 Å². The Morgan fingerprint density at radius 3 is 2.89 bits per heavy atom. The lowest BCUT2D eigenvalue weighted by Gasteiger charge is -2.16. The van der Waals surface area contributed by atoms with E-state index in [1.165, 1.54) is 18.4 Å². The van der Waals surface area contributed by atoms with Gasteiger partial charge in [-0.1, -0.05) is 11.6 Å². The summed E-state index contributed by atoms with van der Waals surface area (Å²) in [6.07, 6.45) is 1.71. The second-order valence-corrected chi connectivity index (χ2v) is 6.96. The molecule has 146 valence electrons. The first kappa shape index (κ1) is 21.0. The predicted molar refractivity (Wildman–Crippen MR) is 107 cm³/mol. The largest absolute Gasteiger partial charge is 0.490 e. The van der Waals surface area contributed by atoms with E-state index in [4.69, 9.17) is 21.1 Å². The summed E-state index contributed by atoms with van der Waals surface area (Å²) in [5, 5.41) is 6.95. The number of hydrazone groups is 1. The number of anilines is 1. The van der Waals surface area contributed by atoms with Crippen LogP contribution in [0.1, 0.15) is 32.0 Å². The van der Waals surface area contributed by atoms with Crippen molar-refractivity contribution < 1.29 is 19.0 Å². The fourth-order valence-corrected chi connectivity index (χ4v) is 3.02. The molecule has 1 aromatic carbocycles. The minimum Gasteiger partial charge on any atom is -0.490 e. The lowest BCUT2D eigenvalue weighted by molar-refractivity contribution is -0.139. The lowest BCUT2D eigenvalue weighted by atomic mass is 10.2. The molecule has 0 radical (unpaired) electrons. The maximum Gasteiger partial charge on any atom is 0.311 e. The van der Waals surface area contributed by atoms with Crippen LogP contribution in [0.5, 0.6) is 11.5 Å². The van der Waals surface area contributed by atoms with Gasteiger partial charge in [0.1, 0.15) is 0 Å². The van der Waals surface area contributed by atoms with Gasteiger partial charge in [0.15, 0.2) is 11.5 Å². The third kappa shape index (κ3) is 6.41. The number of esters is 1. The molecule has 7 nitrogen and oxygen atoms in total. The first-order valence-electron chi connectivity index (χ1n) is 8.36. The molecule has 27 heavy (non-hydrogen) atoms. The van der Waals surface area contributed by atoms with Crippen LogP contribution in [0.25, 0.3) is 0 Å². The van der Waals surface area contributed by atoms with Crippen LogP contribution in [0.2, 0.25) is 5.02 Å². The van der Waals surface area contributed by atoms with E-state index in [1.807, 2.05) is 26.8 Å². The van der Waals surface area contributed by atoms with Gasteiger partial charge in [0.05, 0.1) is 43.2 Å². The summed E-state index contributed by atoms with van der Waals surface area (Å²) in [7, 11) is 1.34. The van der Waals surface area contributed by atoms with Crippen molar-refractivity contribution >= 4 is 40.3 Å². The van der Waals surface area contributed by atoms with E-state index in [0.29, 0.717) is 34.0 Å². The molecular formula is C18H22ClN3O4S. The first-order valence-corrected chi connectivity index (χ1v) is 9.62. The number of rotatable bonds is 9. The average Bonchev–Trinajstić information content (AvgIpc) is 3.05. The molecule has 0 aliphatic carbocycles. The number of carbonyl (C=O) groups is 1. The second kappa shape index (κ2) is 10.1. The number of methoxy groups -OCH3 is 1. The standard InChI is InChI=1S/C18H22ClN3O4S/c1-5-25-15-7-12(6-14(19)17(15)26-11(2)3)9-20-22-18-21-13(10-27-18)8-16(23)24-4/h6-7,9-11H,5,8H2,1-4H3,(H,21,22)/b20-9-. The number of hydrogen-bond acceptors (Lipinski definition) is 8. The van der Waals surface area contributed by atoms with Crippen molar-refractivity contribution in [1.82, 2.24) is 4.98 Å². The van der Waals surface area contributed by atoms with Gasteiger partial charge in [0, 0.05) is 5.38 Å². The number of hydrogen-bond donors (Lipinski definition) is 1. The molecule has 0 unspecified atom stereocenters. The van der Waals surface area contributed by atoms with Crippen LogP contribution in [0.15, 0.2) is 22.6 Å². The van der Waals surface area contributed by atoms with Crippen LogP contribution >= 0.6 is 22.9 Å². The van der Waals surface area contributed by atoms with Crippen LogP contribution in [-0.2, 0) is 16.0 Å². The van der Waals surface area contributed by atoms with Gasteiger partial charge in [0.25, 0.3) is 0 Å². The minimum absolute atomic E-state index is 0.0213. The van der Waals surface area contributed by atoms with Crippen LogP contribution in [-0.4, -0.2) is 37.0 Å². The van der Waals surface area contributed by atoms with Gasteiger partial charge in [-0.3, -0.25) is 10.2 Å². The highest BCUT2D eigenvalue weighted by molar-refractivity contribution is 7.13. The SMILES string of the molecule is CCOc1cc(/C=N\Nc2nc(CC(=O)OC)cs2)cc(Cl)c1OC(C)C. The summed E-state index contributed by atoms with van der Waals surface area (Å²) in [5.74, 6) is 0.748. The third-order valence-electron chi connectivity index (χ3n) is 3.16. The molecule has 0 aliphatic rings. The Labute approximate surface area is 167 Å². The first-order chi connectivity index (χ1) is 12.9. The van der Waals surface area contributed by atoms with E-state index in [-0.39, 0.29) is 18.5 Å². The predicted octanol–water partition coefficient (Wildman–Crippen LogP) is 4.14. The normalized spacial score (nSPS) is 11.0. The number of halogens is 1. The summed E-state index contributed by atoms with van der Waals surface area (Å²) in [4.78, 5) is 15.5. The Kier molecular flexibility index (Phi) is 7.87. The van der Waals surface area contributed by atoms with Crippen molar-refractivity contribution in [3.05, 3.63) is 33.8 Å². The van der Waals surface area contributed by atoms with Crippen molar-refractivity contribution in [3.63, 3.8) is 0 Å². The molecule has 1 heterocycles. The maximum absolute atomic E-state index is 11.3. The number of ether oxygens (including phenoxy) is 3. The molecule has 0 amide bonds. The number of carbonyl (C=O) groups excluding carboxylic acids is 1. The lowest BCUT2D eigenvalue weighted by Crippen LogP contribution is -2.08. The fraction of sp³-hybridized carbons (Fsp3) is 0.389. The second-order valence-electron chi connectivity index (χ2n) is 5.70. The Hall–Kier alpha value is -2.32. The monoisotopic (exact) mass is 411 g/mol. The topological polar surface area (TPSA) is 82.0 Å². The molecule has 0 fully saturated rings. The molecule has 0 bridgehead atoms. The van der Waals surface area contributed by atoms with Crippen LogP contribution in [0.4, 0.5) is 5.13 Å². The van der Waals surface area contributed by atoms with E-state index < -0.39 is 0 Å². The molecule has 0 aliphatic heterocycles. The van der Waals surface area contributed by atoms with Gasteiger partial charge in [-0.15, -0.1) is 11.3 Å². The Morgan fingerprint density at radius 1 is 1.44 bits per heavy atom. The smallest absolute Gasteiger partial charge is 0.311 e. The van der Waals surface area contributed by atoms with Gasteiger partial charge in [-0.25, -0.2) is 4.98 Å². The number of thiazole rings is 1. The van der Waals surface area contributed by atoms with Gasteiger partial charge >= 0.3 is 5.97 Å². The zero-order valence-electron chi connectivity index (χ0n) is 15.6. The van der Waals surface area contributed by atoms with E-state index in [9.17, 15) is 4.79 Å². The molecule has 0 saturated heterocycles. The molecule has 0 atom stereocenters. The van der Waals surface area contributed by atoms with Gasteiger partial charge in [-0.05, 0) is 38.5 Å². The third-order valence-corrected chi connectivity index (χ3v) is 4.24. The Bertz CT molecular complexity index is 808. The minimum atomic E-state index is -0.336. The van der Waals surface area contributed by atoms with E-state index in [2.05, 4.69) is 20.2 Å². The zero-order chi connectivity index (χ0) is 19.8. The summed E-state index contributed by atoms with van der Waals surface area (Å²) in [6.45, 7) is 6.23. The van der Waals surface area contributed by atoms with Crippen LogP contribution < -0.4 is 14.9 Å². The molecule has 9 heteroatoms. The number of nitrogens with zero attached hydrogens (tertiary/aromatic N) is 2. The highest BCUT2D eigenvalue weighted by Gasteiger charge is 2.13. The summed E-state index contributed by atoms with van der Waals surface area (Å²) in [5.41, 5.74) is 4.21. The number of nitrogens with one attached hydrogen (secondary N) is 1. The van der Waals surface area contributed by atoms with Crippen LogP contribution in [0, 0.1) is 0 Å². The van der Waals surface area contributed by atoms with Gasteiger partial charge in [-0.2, -0.15) is 5.10 Å². The highest BCUT2D eigenvalue weighted by Crippen LogP contribution is 2.37. The highest BCUT2D eigenvalue weighted by atomic mass is 35.5. The molecule has 0 spiro atoms. The Morgan fingerprint density at radius 2 is 2.22 bits per heavy atom. The molecular weight excluding hydrogens is 390 g/mol. The molecule has 2 aromatic rings. The quantitative estimate of drug-likeness (QED) is 0.379. The molecule has 1 N–H and O–H groups in total. The average molecular weight is 412 g/mol. The van der Waals surface area contributed by atoms with E-state index in [1.54, 1.807) is 17.7 Å².